The number of nitrogens with one attached hydrogen (secondary N) is 1. The van der Waals surface area contributed by atoms with Crippen molar-refractivity contribution >= 4 is 12.2 Å². The first-order valence-electron chi connectivity index (χ1n) is 3.04. The summed E-state index contributed by atoms with van der Waals surface area (Å²) in [5.74, 6) is 0.369. The van der Waals surface area contributed by atoms with Crippen LogP contribution in [0.4, 0.5) is 13.2 Å². The predicted octanol–water partition coefficient (Wildman–Crippen LogP) is 2.47. The standard InChI is InChI=1S/C6H5F3N2S/c1-3-10-2-4(5(12)11-3)6(7,8)9/h2H,1H3,(H,10,11,12). The van der Waals surface area contributed by atoms with Gasteiger partial charge in [0, 0.05) is 6.20 Å². The zero-order valence-corrected chi connectivity index (χ0v) is 6.88. The van der Waals surface area contributed by atoms with Gasteiger partial charge in [-0.05, 0) is 6.92 Å². The number of aromatic nitrogens is 2. The lowest BCUT2D eigenvalue weighted by Gasteiger charge is -2.05. The Labute approximate surface area is 71.5 Å². The van der Waals surface area contributed by atoms with Crippen LogP contribution < -0.4 is 0 Å². The highest BCUT2D eigenvalue weighted by Gasteiger charge is 2.32. The molecule has 0 atom stereocenters. The maximum absolute atomic E-state index is 12.1. The van der Waals surface area contributed by atoms with Crippen LogP contribution in [0.25, 0.3) is 0 Å². The van der Waals surface area contributed by atoms with Crippen molar-refractivity contribution in [1.29, 1.82) is 0 Å². The second kappa shape index (κ2) is 2.85. The van der Waals surface area contributed by atoms with Crippen LogP contribution in [0.3, 0.4) is 0 Å². The fourth-order valence-corrected chi connectivity index (χ4v) is 1.00. The third-order valence-electron chi connectivity index (χ3n) is 1.23. The van der Waals surface area contributed by atoms with Crippen LogP contribution in [0.15, 0.2) is 6.20 Å². The molecule has 0 aliphatic heterocycles. The summed E-state index contributed by atoms with van der Waals surface area (Å²) in [6.07, 6.45) is -3.69. The first-order valence-corrected chi connectivity index (χ1v) is 3.45. The van der Waals surface area contributed by atoms with Gasteiger partial charge in [-0.1, -0.05) is 12.2 Å². The molecule has 1 rings (SSSR count). The molecule has 12 heavy (non-hydrogen) atoms. The third-order valence-corrected chi connectivity index (χ3v) is 1.55. The van der Waals surface area contributed by atoms with E-state index in [9.17, 15) is 13.2 Å². The normalized spacial score (nSPS) is 11.7. The smallest absolute Gasteiger partial charge is 0.335 e. The molecular weight excluding hydrogens is 189 g/mol. The Balaban J connectivity index is 3.29. The molecule has 1 N–H and O–H groups in total. The Hall–Kier alpha value is -0.910. The summed E-state index contributed by atoms with van der Waals surface area (Å²) in [4.78, 5) is 5.79. The Morgan fingerprint density at radius 3 is 2.50 bits per heavy atom. The number of H-pyrrole nitrogens is 1. The Kier molecular flexibility index (Phi) is 2.18. The minimum absolute atomic E-state index is 0.324. The van der Waals surface area contributed by atoms with E-state index >= 15 is 0 Å². The Bertz CT molecular complexity index is 341. The van der Waals surface area contributed by atoms with E-state index in [4.69, 9.17) is 0 Å². The van der Waals surface area contributed by atoms with E-state index in [0.29, 0.717) is 5.82 Å². The molecule has 0 aliphatic carbocycles. The molecule has 0 spiro atoms. The fraction of sp³-hybridized carbons (Fsp3) is 0.333. The Morgan fingerprint density at radius 1 is 1.50 bits per heavy atom. The van der Waals surface area contributed by atoms with Crippen molar-refractivity contribution < 1.29 is 13.2 Å². The number of halogens is 3. The van der Waals surface area contributed by atoms with Crippen LogP contribution in [0.5, 0.6) is 0 Å². The van der Waals surface area contributed by atoms with Crippen molar-refractivity contribution in [3.05, 3.63) is 22.2 Å². The minimum atomic E-state index is -4.42. The van der Waals surface area contributed by atoms with Crippen molar-refractivity contribution in [3.8, 4) is 0 Å². The molecule has 1 heterocycles. The minimum Gasteiger partial charge on any atom is -0.335 e. The molecule has 0 aromatic carbocycles. The van der Waals surface area contributed by atoms with Gasteiger partial charge in [0.2, 0.25) is 0 Å². The Morgan fingerprint density at radius 2 is 2.08 bits per heavy atom. The number of aromatic amines is 1. The summed E-state index contributed by atoms with van der Waals surface area (Å²) >= 11 is 4.47. The number of nitrogens with zero attached hydrogens (tertiary/aromatic N) is 1. The lowest BCUT2D eigenvalue weighted by atomic mass is 10.3. The fourth-order valence-electron chi connectivity index (χ4n) is 0.686. The van der Waals surface area contributed by atoms with E-state index in [1.807, 2.05) is 0 Å². The number of hydrogen-bond donors (Lipinski definition) is 1. The highest BCUT2D eigenvalue weighted by molar-refractivity contribution is 7.71. The monoisotopic (exact) mass is 194 g/mol. The molecule has 0 bridgehead atoms. The lowest BCUT2D eigenvalue weighted by Crippen LogP contribution is -2.08. The van der Waals surface area contributed by atoms with E-state index in [-0.39, 0.29) is 4.64 Å². The number of alkyl halides is 3. The van der Waals surface area contributed by atoms with E-state index in [1.54, 1.807) is 0 Å². The van der Waals surface area contributed by atoms with Gasteiger partial charge >= 0.3 is 6.18 Å². The van der Waals surface area contributed by atoms with Crippen LogP contribution >= 0.6 is 12.2 Å². The third kappa shape index (κ3) is 1.82. The quantitative estimate of drug-likeness (QED) is 0.642. The molecule has 0 saturated heterocycles. The second-order valence-electron chi connectivity index (χ2n) is 2.21. The largest absolute Gasteiger partial charge is 0.420 e. The highest BCUT2D eigenvalue weighted by atomic mass is 32.1. The van der Waals surface area contributed by atoms with Gasteiger partial charge in [-0.15, -0.1) is 0 Å². The van der Waals surface area contributed by atoms with Gasteiger partial charge in [0.05, 0.1) is 0 Å². The van der Waals surface area contributed by atoms with Gasteiger partial charge in [-0.3, -0.25) is 0 Å². The molecular formula is C6H5F3N2S. The first kappa shape index (κ1) is 9.18. The summed E-state index contributed by atoms with van der Waals surface area (Å²) in [7, 11) is 0. The van der Waals surface area contributed by atoms with Crippen LogP contribution in [-0.2, 0) is 6.18 Å². The molecule has 1 aromatic rings. The molecule has 6 heteroatoms. The van der Waals surface area contributed by atoms with Gasteiger partial charge in [0.15, 0.2) is 0 Å². The van der Waals surface area contributed by atoms with Gasteiger partial charge in [-0.2, -0.15) is 13.2 Å². The van der Waals surface area contributed by atoms with Crippen molar-refractivity contribution in [2.75, 3.05) is 0 Å². The van der Waals surface area contributed by atoms with E-state index in [0.717, 1.165) is 6.20 Å². The van der Waals surface area contributed by atoms with Crippen LogP contribution in [-0.4, -0.2) is 9.97 Å². The molecule has 0 aliphatic rings. The van der Waals surface area contributed by atoms with Gasteiger partial charge in [0.25, 0.3) is 0 Å². The molecule has 66 valence electrons. The summed E-state index contributed by atoms with van der Waals surface area (Å²) in [6, 6.07) is 0. The van der Waals surface area contributed by atoms with E-state index in [1.165, 1.54) is 6.92 Å². The van der Waals surface area contributed by atoms with Crippen LogP contribution in [0.1, 0.15) is 11.4 Å². The van der Waals surface area contributed by atoms with Gasteiger partial charge < -0.3 is 4.98 Å². The zero-order valence-electron chi connectivity index (χ0n) is 6.07. The van der Waals surface area contributed by atoms with Crippen molar-refractivity contribution in [2.45, 2.75) is 13.1 Å². The van der Waals surface area contributed by atoms with Crippen molar-refractivity contribution in [2.24, 2.45) is 0 Å². The average Bonchev–Trinajstić information content (AvgIpc) is 1.83. The molecule has 0 amide bonds. The maximum atomic E-state index is 12.1. The first-order chi connectivity index (χ1) is 5.41. The molecule has 0 unspecified atom stereocenters. The summed E-state index contributed by atoms with van der Waals surface area (Å²) in [5.41, 5.74) is -0.900. The zero-order chi connectivity index (χ0) is 9.35. The topological polar surface area (TPSA) is 28.7 Å². The van der Waals surface area contributed by atoms with Gasteiger partial charge in [-0.25, -0.2) is 4.98 Å². The average molecular weight is 194 g/mol. The maximum Gasteiger partial charge on any atom is 0.420 e. The second-order valence-corrected chi connectivity index (χ2v) is 2.62. The SMILES string of the molecule is Cc1ncc(C(F)(F)F)c(=S)[nH]1. The van der Waals surface area contributed by atoms with Crippen molar-refractivity contribution in [1.82, 2.24) is 9.97 Å². The van der Waals surface area contributed by atoms with E-state index in [2.05, 4.69) is 22.2 Å². The number of aryl methyl sites for hydroxylation is 1. The molecule has 2 nitrogen and oxygen atoms in total. The molecule has 0 radical (unpaired) electrons. The van der Waals surface area contributed by atoms with Crippen LogP contribution in [0.2, 0.25) is 0 Å². The summed E-state index contributed by atoms with van der Waals surface area (Å²) in [5, 5.41) is 0. The predicted molar refractivity (Wildman–Crippen MR) is 39.2 cm³/mol. The highest BCUT2D eigenvalue weighted by Crippen LogP contribution is 2.28. The van der Waals surface area contributed by atoms with Crippen molar-refractivity contribution in [3.63, 3.8) is 0 Å². The lowest BCUT2D eigenvalue weighted by molar-refractivity contribution is -0.138. The molecule has 0 saturated carbocycles. The molecule has 0 fully saturated rings. The van der Waals surface area contributed by atoms with E-state index < -0.39 is 11.7 Å². The van der Waals surface area contributed by atoms with Crippen LogP contribution in [0, 0.1) is 11.6 Å². The number of rotatable bonds is 0. The summed E-state index contributed by atoms with van der Waals surface area (Å²) < 4.78 is 35.8. The molecule has 1 aromatic heterocycles. The van der Waals surface area contributed by atoms with Gasteiger partial charge in [0.1, 0.15) is 16.0 Å². The number of hydrogen-bond acceptors (Lipinski definition) is 2. The summed E-state index contributed by atoms with van der Waals surface area (Å²) in [6.45, 7) is 1.54.